The van der Waals surface area contributed by atoms with Crippen LogP contribution in [0.3, 0.4) is 0 Å². The summed E-state index contributed by atoms with van der Waals surface area (Å²) in [5.74, 6) is -0.891. The number of ether oxygens (including phenoxy) is 2. The van der Waals surface area contributed by atoms with Crippen LogP contribution in [0.25, 0.3) is 0 Å². The van der Waals surface area contributed by atoms with E-state index in [9.17, 15) is 14.4 Å². The monoisotopic (exact) mass is 306 g/mol. The van der Waals surface area contributed by atoms with Crippen molar-refractivity contribution in [1.29, 1.82) is 0 Å². The number of nitrogens with one attached hydrogen (secondary N) is 1. The Kier molecular flexibility index (Phi) is 4.98. The van der Waals surface area contributed by atoms with E-state index < -0.39 is 24.0 Å². The third-order valence-corrected chi connectivity index (χ3v) is 3.35. The average Bonchev–Trinajstić information content (AvgIpc) is 2.91. The Morgan fingerprint density at radius 2 is 2.00 bits per heavy atom. The van der Waals surface area contributed by atoms with Crippen LogP contribution in [-0.2, 0) is 27.2 Å². The standard InChI is InChI=1S/C15H18N2O5/c1-9(14(19)17-15(16)20)22-13(18)8-21-12-6-5-10-3-2-4-11(10)7-12/h5-7,9H,2-4,8H2,1H3,(H3,16,17,19,20)/t9-/m1/s1. The number of aryl methyl sites for hydroxylation is 2. The second-order valence-corrected chi connectivity index (χ2v) is 5.06. The van der Waals surface area contributed by atoms with Crippen LogP contribution in [0.15, 0.2) is 18.2 Å². The maximum Gasteiger partial charge on any atom is 0.344 e. The molecule has 7 heteroatoms. The van der Waals surface area contributed by atoms with E-state index in [1.165, 1.54) is 18.1 Å². The molecular formula is C15H18N2O5. The minimum absolute atomic E-state index is 0.313. The zero-order chi connectivity index (χ0) is 16.1. The van der Waals surface area contributed by atoms with Crippen LogP contribution in [0, 0.1) is 0 Å². The van der Waals surface area contributed by atoms with Gasteiger partial charge in [0.1, 0.15) is 5.75 Å². The summed E-state index contributed by atoms with van der Waals surface area (Å²) in [4.78, 5) is 33.5. The summed E-state index contributed by atoms with van der Waals surface area (Å²) in [5, 5.41) is 1.83. The van der Waals surface area contributed by atoms with Crippen molar-refractivity contribution in [2.75, 3.05) is 6.61 Å². The first kappa shape index (κ1) is 15.8. The molecule has 118 valence electrons. The quantitative estimate of drug-likeness (QED) is 0.778. The lowest BCUT2D eigenvalue weighted by Crippen LogP contribution is -2.42. The fraction of sp³-hybridized carbons (Fsp3) is 0.400. The van der Waals surface area contributed by atoms with Crippen LogP contribution in [0.2, 0.25) is 0 Å². The van der Waals surface area contributed by atoms with E-state index in [1.807, 2.05) is 17.4 Å². The lowest BCUT2D eigenvalue weighted by molar-refractivity contribution is -0.156. The smallest absolute Gasteiger partial charge is 0.344 e. The van der Waals surface area contributed by atoms with E-state index in [0.29, 0.717) is 5.75 Å². The summed E-state index contributed by atoms with van der Waals surface area (Å²) in [6.07, 6.45) is 2.10. The maximum absolute atomic E-state index is 11.6. The van der Waals surface area contributed by atoms with Gasteiger partial charge in [-0.25, -0.2) is 9.59 Å². The third-order valence-electron chi connectivity index (χ3n) is 3.35. The summed E-state index contributed by atoms with van der Waals surface area (Å²) < 4.78 is 10.2. The average molecular weight is 306 g/mol. The predicted molar refractivity (Wildman–Crippen MR) is 77.2 cm³/mol. The highest BCUT2D eigenvalue weighted by Gasteiger charge is 2.19. The second kappa shape index (κ2) is 6.93. The van der Waals surface area contributed by atoms with E-state index >= 15 is 0 Å². The molecule has 3 amide bonds. The Labute approximate surface area is 127 Å². The molecular weight excluding hydrogens is 288 g/mol. The number of esters is 1. The van der Waals surface area contributed by atoms with Crippen molar-refractivity contribution in [3.8, 4) is 5.75 Å². The van der Waals surface area contributed by atoms with Crippen LogP contribution in [0.5, 0.6) is 5.75 Å². The van der Waals surface area contributed by atoms with Gasteiger partial charge in [-0.2, -0.15) is 0 Å². The first-order chi connectivity index (χ1) is 10.5. The number of nitrogens with two attached hydrogens (primary N) is 1. The number of primary amides is 1. The van der Waals surface area contributed by atoms with E-state index in [0.717, 1.165) is 19.3 Å². The first-order valence-electron chi connectivity index (χ1n) is 7.00. The third kappa shape index (κ3) is 4.21. The number of carbonyl (C=O) groups is 3. The number of benzene rings is 1. The molecule has 1 aliphatic carbocycles. The van der Waals surface area contributed by atoms with Crippen molar-refractivity contribution < 1.29 is 23.9 Å². The molecule has 3 N–H and O–H groups in total. The number of urea groups is 1. The van der Waals surface area contributed by atoms with Crippen molar-refractivity contribution in [2.24, 2.45) is 5.73 Å². The van der Waals surface area contributed by atoms with E-state index in [-0.39, 0.29) is 6.61 Å². The lowest BCUT2D eigenvalue weighted by Gasteiger charge is -2.12. The highest BCUT2D eigenvalue weighted by molar-refractivity contribution is 5.96. The van der Waals surface area contributed by atoms with Gasteiger partial charge in [-0.3, -0.25) is 10.1 Å². The Morgan fingerprint density at radius 1 is 1.27 bits per heavy atom. The van der Waals surface area contributed by atoms with Gasteiger partial charge in [0, 0.05) is 0 Å². The van der Waals surface area contributed by atoms with E-state index in [2.05, 4.69) is 0 Å². The van der Waals surface area contributed by atoms with Crippen molar-refractivity contribution in [3.05, 3.63) is 29.3 Å². The molecule has 1 aliphatic rings. The fourth-order valence-corrected chi connectivity index (χ4v) is 2.29. The molecule has 0 radical (unpaired) electrons. The van der Waals surface area contributed by atoms with E-state index in [1.54, 1.807) is 6.07 Å². The molecule has 1 atom stereocenters. The molecule has 0 aliphatic heterocycles. The van der Waals surface area contributed by atoms with Gasteiger partial charge in [-0.05, 0) is 49.4 Å². The number of fused-ring (bicyclic) bond motifs is 1. The normalized spacial score (nSPS) is 13.9. The summed E-state index contributed by atoms with van der Waals surface area (Å²) in [5.41, 5.74) is 7.35. The number of amides is 3. The van der Waals surface area contributed by atoms with Crippen LogP contribution in [-0.4, -0.2) is 30.6 Å². The summed E-state index contributed by atoms with van der Waals surface area (Å²) >= 11 is 0. The van der Waals surface area contributed by atoms with Crippen molar-refractivity contribution in [3.63, 3.8) is 0 Å². The van der Waals surface area contributed by atoms with Crippen LogP contribution in [0.1, 0.15) is 24.5 Å². The van der Waals surface area contributed by atoms with Gasteiger partial charge in [-0.1, -0.05) is 6.07 Å². The zero-order valence-electron chi connectivity index (χ0n) is 12.3. The molecule has 22 heavy (non-hydrogen) atoms. The number of rotatable bonds is 5. The van der Waals surface area contributed by atoms with Gasteiger partial charge in [0.05, 0.1) is 0 Å². The molecule has 0 saturated carbocycles. The minimum Gasteiger partial charge on any atom is -0.482 e. The molecule has 0 heterocycles. The number of hydrogen-bond acceptors (Lipinski definition) is 5. The second-order valence-electron chi connectivity index (χ2n) is 5.06. The van der Waals surface area contributed by atoms with Crippen molar-refractivity contribution >= 4 is 17.9 Å². The van der Waals surface area contributed by atoms with Gasteiger partial charge in [0.2, 0.25) is 0 Å². The molecule has 1 aromatic rings. The predicted octanol–water partition coefficient (Wildman–Crippen LogP) is 0.681. The maximum atomic E-state index is 11.6. The Morgan fingerprint density at radius 3 is 2.73 bits per heavy atom. The summed E-state index contributed by atoms with van der Waals surface area (Å²) in [6, 6.07) is 4.72. The topological polar surface area (TPSA) is 108 Å². The number of hydrogen-bond donors (Lipinski definition) is 2. The summed E-state index contributed by atoms with van der Waals surface area (Å²) in [7, 11) is 0. The summed E-state index contributed by atoms with van der Waals surface area (Å²) in [6.45, 7) is 1.03. The molecule has 0 spiro atoms. The van der Waals surface area contributed by atoms with E-state index in [4.69, 9.17) is 15.2 Å². The first-order valence-corrected chi connectivity index (χ1v) is 7.00. The molecule has 0 aromatic heterocycles. The number of carbonyl (C=O) groups excluding carboxylic acids is 3. The van der Waals surface area contributed by atoms with Gasteiger partial charge in [0.15, 0.2) is 12.7 Å². The molecule has 2 rings (SSSR count). The molecule has 0 unspecified atom stereocenters. The molecule has 0 fully saturated rings. The van der Waals surface area contributed by atoms with Crippen LogP contribution >= 0.6 is 0 Å². The highest BCUT2D eigenvalue weighted by atomic mass is 16.6. The minimum atomic E-state index is -1.12. The highest BCUT2D eigenvalue weighted by Crippen LogP contribution is 2.25. The number of imide groups is 1. The fourth-order valence-electron chi connectivity index (χ4n) is 2.29. The van der Waals surface area contributed by atoms with Gasteiger partial charge in [-0.15, -0.1) is 0 Å². The molecule has 0 saturated heterocycles. The van der Waals surface area contributed by atoms with Crippen molar-refractivity contribution in [1.82, 2.24) is 5.32 Å². The Hall–Kier alpha value is -2.57. The largest absolute Gasteiger partial charge is 0.482 e. The Bertz CT molecular complexity index is 600. The Balaban J connectivity index is 1.80. The van der Waals surface area contributed by atoms with Gasteiger partial charge >= 0.3 is 12.0 Å². The van der Waals surface area contributed by atoms with Crippen molar-refractivity contribution in [2.45, 2.75) is 32.3 Å². The SMILES string of the molecule is C[C@@H](OC(=O)COc1ccc2c(c1)CCC2)C(=O)NC(N)=O. The molecule has 7 nitrogen and oxygen atoms in total. The van der Waals surface area contributed by atoms with Crippen LogP contribution < -0.4 is 15.8 Å². The molecule has 0 bridgehead atoms. The van der Waals surface area contributed by atoms with Gasteiger partial charge in [0.25, 0.3) is 5.91 Å². The van der Waals surface area contributed by atoms with Crippen LogP contribution in [0.4, 0.5) is 4.79 Å². The molecule has 1 aromatic carbocycles. The van der Waals surface area contributed by atoms with Gasteiger partial charge < -0.3 is 15.2 Å². The lowest BCUT2D eigenvalue weighted by atomic mass is 10.1. The zero-order valence-corrected chi connectivity index (χ0v) is 12.3.